The van der Waals surface area contributed by atoms with Crippen molar-refractivity contribution in [1.82, 2.24) is 0 Å². The van der Waals surface area contributed by atoms with Crippen LogP contribution in [0.25, 0.3) is 0 Å². The average molecular weight is 239 g/mol. The van der Waals surface area contributed by atoms with Crippen LogP contribution in [-0.2, 0) is 63.9 Å². The standard InChI is InChI=1S/Al.O.3Zn/q+3;-2;3*+2. The van der Waals surface area contributed by atoms with Crippen molar-refractivity contribution in [2.75, 3.05) is 0 Å². The zero-order chi connectivity index (χ0) is 0. The van der Waals surface area contributed by atoms with Gasteiger partial charge < -0.3 is 5.48 Å². The van der Waals surface area contributed by atoms with E-state index in [4.69, 9.17) is 0 Å². The third-order valence-corrected chi connectivity index (χ3v) is 0. The molecule has 0 heterocycles. The summed E-state index contributed by atoms with van der Waals surface area (Å²) in [6.07, 6.45) is 0. The molecule has 0 N–H and O–H groups in total. The molecule has 0 aliphatic carbocycles. The zero-order valence-electron chi connectivity index (χ0n) is 3.11. The fourth-order valence-electron chi connectivity index (χ4n) is 0. The molecule has 0 atom stereocenters. The molecule has 0 aliphatic heterocycles. The van der Waals surface area contributed by atoms with Crippen molar-refractivity contribution in [3.63, 3.8) is 0 Å². The molecule has 0 radical (unpaired) electrons. The molecular weight excluding hydrogens is 239 g/mol. The van der Waals surface area contributed by atoms with Crippen LogP contribution >= 0.6 is 0 Å². The molecule has 0 saturated carbocycles. The van der Waals surface area contributed by atoms with Crippen LogP contribution in [0.3, 0.4) is 0 Å². The molecule has 0 fully saturated rings. The molecule has 0 saturated heterocycles. The van der Waals surface area contributed by atoms with E-state index < -0.39 is 0 Å². The maximum Gasteiger partial charge on any atom is 3.00 e. The van der Waals surface area contributed by atoms with Crippen molar-refractivity contribution in [3.05, 3.63) is 0 Å². The Kier molecular flexibility index (Phi) is 350. The second-order valence-corrected chi connectivity index (χ2v) is 0. The monoisotopic (exact) mass is 235 g/mol. The Labute approximate surface area is 80.4 Å². The predicted molar refractivity (Wildman–Crippen MR) is 6.44 cm³/mol. The molecule has 5 heavy (non-hydrogen) atoms. The SMILES string of the molecule is [Al+3].[O-2].[Zn+2].[Zn+2].[Zn+2]. The van der Waals surface area contributed by atoms with E-state index in [1.807, 2.05) is 0 Å². The van der Waals surface area contributed by atoms with E-state index in [9.17, 15) is 0 Å². The van der Waals surface area contributed by atoms with Gasteiger partial charge in [0.05, 0.1) is 0 Å². The molecule has 0 spiro atoms. The first-order valence-corrected chi connectivity index (χ1v) is 0. The smallest absolute Gasteiger partial charge is 2.00 e. The van der Waals surface area contributed by atoms with Gasteiger partial charge in [0.15, 0.2) is 0 Å². The summed E-state index contributed by atoms with van der Waals surface area (Å²) in [7, 11) is 0. The van der Waals surface area contributed by atoms with E-state index in [0.717, 1.165) is 0 Å². The second kappa shape index (κ2) is 32.8. The minimum atomic E-state index is 0. The minimum absolute atomic E-state index is 0. The van der Waals surface area contributed by atoms with Crippen molar-refractivity contribution >= 4 is 17.4 Å². The van der Waals surface area contributed by atoms with Gasteiger partial charge in [0.25, 0.3) is 0 Å². The summed E-state index contributed by atoms with van der Waals surface area (Å²) in [6.45, 7) is 0. The molecule has 0 amide bonds. The summed E-state index contributed by atoms with van der Waals surface area (Å²) in [6, 6.07) is 0. The third kappa shape index (κ3) is 21.7. The summed E-state index contributed by atoms with van der Waals surface area (Å²) in [5.74, 6) is 0. The van der Waals surface area contributed by atoms with Gasteiger partial charge in [-0.15, -0.1) is 0 Å². The van der Waals surface area contributed by atoms with Gasteiger partial charge in [0, 0.05) is 0 Å². The van der Waals surface area contributed by atoms with E-state index in [-0.39, 0.29) is 81.3 Å². The van der Waals surface area contributed by atoms with Crippen LogP contribution in [0.2, 0.25) is 0 Å². The summed E-state index contributed by atoms with van der Waals surface area (Å²) in [4.78, 5) is 0. The Bertz CT molecular complexity index is 6.85. The molecular formula is AlOZn3+7. The van der Waals surface area contributed by atoms with Crippen molar-refractivity contribution in [1.29, 1.82) is 0 Å². The van der Waals surface area contributed by atoms with Gasteiger partial charge in [0.2, 0.25) is 0 Å². The van der Waals surface area contributed by atoms with E-state index in [2.05, 4.69) is 0 Å². The molecule has 0 aromatic rings. The first-order valence-electron chi connectivity index (χ1n) is 0. The molecule has 0 aliphatic rings. The van der Waals surface area contributed by atoms with Gasteiger partial charge >= 0.3 is 75.8 Å². The van der Waals surface area contributed by atoms with Gasteiger partial charge in [0.1, 0.15) is 0 Å². The van der Waals surface area contributed by atoms with Gasteiger partial charge in [-0.25, -0.2) is 0 Å². The largest absolute Gasteiger partial charge is 3.00 e. The fourth-order valence-corrected chi connectivity index (χ4v) is 0. The number of hydrogen-bond donors (Lipinski definition) is 0. The van der Waals surface area contributed by atoms with Gasteiger partial charge in [-0.1, -0.05) is 0 Å². The molecule has 8 valence electrons. The maximum absolute atomic E-state index is 0. The Morgan fingerprint density at radius 1 is 0.600 bits per heavy atom. The minimum Gasteiger partial charge on any atom is -2.00 e. The van der Waals surface area contributed by atoms with E-state index in [1.54, 1.807) is 0 Å². The topological polar surface area (TPSA) is 28.5 Å². The van der Waals surface area contributed by atoms with Crippen LogP contribution in [0.15, 0.2) is 0 Å². The van der Waals surface area contributed by atoms with Crippen LogP contribution in [0.4, 0.5) is 0 Å². The van der Waals surface area contributed by atoms with E-state index >= 15 is 0 Å². The summed E-state index contributed by atoms with van der Waals surface area (Å²) >= 11 is 0. The molecule has 0 rings (SSSR count). The number of hydrogen-bond acceptors (Lipinski definition) is 0. The van der Waals surface area contributed by atoms with Crippen molar-refractivity contribution < 1.29 is 63.9 Å². The Balaban J connectivity index is 0. The fraction of sp³-hybridized carbons (Fsp3) is 0. The normalized spacial score (nSPS) is 0. The summed E-state index contributed by atoms with van der Waals surface area (Å²) in [5, 5.41) is 0. The second-order valence-electron chi connectivity index (χ2n) is 0. The van der Waals surface area contributed by atoms with Crippen LogP contribution < -0.4 is 0 Å². The van der Waals surface area contributed by atoms with Crippen molar-refractivity contribution in [2.24, 2.45) is 0 Å². The predicted octanol–water partition coefficient (Wildman–Crippen LogP) is -0.507. The quantitative estimate of drug-likeness (QED) is 0.510. The average Bonchev–Trinajstić information content (AvgIpc) is 0. The first-order chi connectivity index (χ1) is 0. The van der Waals surface area contributed by atoms with E-state index in [0.29, 0.717) is 0 Å². The molecule has 0 bridgehead atoms. The van der Waals surface area contributed by atoms with Crippen LogP contribution in [-0.4, -0.2) is 17.4 Å². The molecule has 0 unspecified atom stereocenters. The summed E-state index contributed by atoms with van der Waals surface area (Å²) < 4.78 is 0. The molecule has 1 nitrogen and oxygen atoms in total. The number of rotatable bonds is 0. The zero-order valence-corrected chi connectivity index (χ0v) is 13.2. The Hall–Kier alpha value is 2.36. The molecule has 5 heteroatoms. The third-order valence-electron chi connectivity index (χ3n) is 0. The van der Waals surface area contributed by atoms with Gasteiger partial charge in [-0.2, -0.15) is 0 Å². The Morgan fingerprint density at radius 2 is 0.600 bits per heavy atom. The van der Waals surface area contributed by atoms with Gasteiger partial charge in [-0.3, -0.25) is 0 Å². The summed E-state index contributed by atoms with van der Waals surface area (Å²) in [5.41, 5.74) is 0. The van der Waals surface area contributed by atoms with Crippen LogP contribution in [0, 0.1) is 0 Å². The van der Waals surface area contributed by atoms with E-state index in [1.165, 1.54) is 0 Å². The van der Waals surface area contributed by atoms with Crippen molar-refractivity contribution in [2.45, 2.75) is 0 Å². The maximum atomic E-state index is 0. The van der Waals surface area contributed by atoms with Crippen LogP contribution in [0.5, 0.6) is 0 Å². The Morgan fingerprint density at radius 3 is 0.600 bits per heavy atom. The molecule has 0 aromatic heterocycles. The molecule has 0 aromatic carbocycles. The van der Waals surface area contributed by atoms with Gasteiger partial charge in [-0.05, 0) is 0 Å². The van der Waals surface area contributed by atoms with Crippen LogP contribution in [0.1, 0.15) is 0 Å². The first kappa shape index (κ1) is 53.4. The van der Waals surface area contributed by atoms with Crippen molar-refractivity contribution in [3.8, 4) is 0 Å².